The third-order valence-corrected chi connectivity index (χ3v) is 3.97. The van der Waals surface area contributed by atoms with Crippen LogP contribution in [0.15, 0.2) is 42.5 Å². The predicted octanol–water partition coefficient (Wildman–Crippen LogP) is 4.91. The van der Waals surface area contributed by atoms with E-state index in [9.17, 15) is 0 Å². The van der Waals surface area contributed by atoms with Gasteiger partial charge in [-0.2, -0.15) is 0 Å². The number of nitrogens with one attached hydrogen (secondary N) is 1. The first-order valence-electron chi connectivity index (χ1n) is 6.50. The zero-order valence-corrected chi connectivity index (χ0v) is 12.0. The molecule has 19 heavy (non-hydrogen) atoms. The summed E-state index contributed by atoms with van der Waals surface area (Å²) in [5, 5.41) is 5.07. The van der Waals surface area contributed by atoms with Crippen molar-refractivity contribution in [2.75, 3.05) is 0 Å². The monoisotopic (exact) mass is 291 g/mol. The van der Waals surface area contributed by atoms with E-state index >= 15 is 0 Å². The lowest BCUT2D eigenvalue weighted by molar-refractivity contribution is 0.688. The van der Waals surface area contributed by atoms with Crippen LogP contribution in [0.25, 0.3) is 11.1 Å². The Morgan fingerprint density at radius 2 is 1.79 bits per heavy atom. The first-order valence-corrected chi connectivity index (χ1v) is 7.26. The van der Waals surface area contributed by atoms with Gasteiger partial charge in [-0.25, -0.2) is 0 Å². The average Bonchev–Trinajstić information content (AvgIpc) is 3.22. The van der Waals surface area contributed by atoms with Gasteiger partial charge in [-0.05, 0) is 53.8 Å². The third kappa shape index (κ3) is 3.30. The Hall–Kier alpha value is -1.02. The van der Waals surface area contributed by atoms with Gasteiger partial charge in [0.2, 0.25) is 0 Å². The fourth-order valence-corrected chi connectivity index (χ4v) is 2.47. The normalized spacial score (nSPS) is 14.6. The summed E-state index contributed by atoms with van der Waals surface area (Å²) >= 11 is 12.3. The highest BCUT2D eigenvalue weighted by atomic mass is 35.5. The molecule has 1 fully saturated rings. The number of hydrogen-bond acceptors (Lipinski definition) is 1. The van der Waals surface area contributed by atoms with Crippen molar-refractivity contribution in [2.45, 2.75) is 25.4 Å². The standard InChI is InChI=1S/C16H15Cl2N/c17-14-3-1-2-11(9-14)12-4-7-16(18)13(8-12)10-19-15-5-6-15/h1-4,7-9,15,19H,5-6,10H2. The van der Waals surface area contributed by atoms with E-state index in [1.165, 1.54) is 12.8 Å². The molecule has 0 spiro atoms. The smallest absolute Gasteiger partial charge is 0.0451 e. The van der Waals surface area contributed by atoms with Gasteiger partial charge in [-0.3, -0.25) is 0 Å². The van der Waals surface area contributed by atoms with Gasteiger partial charge in [0.15, 0.2) is 0 Å². The molecular weight excluding hydrogens is 277 g/mol. The minimum atomic E-state index is 0.686. The minimum Gasteiger partial charge on any atom is -0.310 e. The summed E-state index contributed by atoms with van der Waals surface area (Å²) in [5.74, 6) is 0. The third-order valence-electron chi connectivity index (χ3n) is 3.36. The Kier molecular flexibility index (Phi) is 3.79. The lowest BCUT2D eigenvalue weighted by atomic mass is 10.0. The molecule has 2 aromatic rings. The molecule has 0 bridgehead atoms. The van der Waals surface area contributed by atoms with Crippen molar-refractivity contribution >= 4 is 23.2 Å². The molecule has 3 heteroatoms. The largest absolute Gasteiger partial charge is 0.310 e. The molecule has 0 radical (unpaired) electrons. The van der Waals surface area contributed by atoms with Crippen LogP contribution in [0.4, 0.5) is 0 Å². The van der Waals surface area contributed by atoms with Crippen molar-refractivity contribution in [2.24, 2.45) is 0 Å². The quantitative estimate of drug-likeness (QED) is 0.844. The van der Waals surface area contributed by atoms with Crippen molar-refractivity contribution in [1.29, 1.82) is 0 Å². The SMILES string of the molecule is Clc1cccc(-c2ccc(Cl)c(CNC3CC3)c2)c1. The predicted molar refractivity (Wildman–Crippen MR) is 81.8 cm³/mol. The van der Waals surface area contributed by atoms with Crippen LogP contribution in [-0.2, 0) is 6.54 Å². The van der Waals surface area contributed by atoms with Gasteiger partial charge in [0.1, 0.15) is 0 Å². The molecule has 1 saturated carbocycles. The van der Waals surface area contributed by atoms with E-state index in [1.54, 1.807) is 0 Å². The van der Waals surface area contributed by atoms with Gasteiger partial charge in [-0.15, -0.1) is 0 Å². The summed E-state index contributed by atoms with van der Waals surface area (Å²) in [7, 11) is 0. The molecule has 0 aromatic heterocycles. The van der Waals surface area contributed by atoms with Crippen LogP contribution < -0.4 is 5.32 Å². The first kappa shape index (κ1) is 13.0. The lowest BCUT2D eigenvalue weighted by Crippen LogP contribution is -2.15. The van der Waals surface area contributed by atoms with Gasteiger partial charge >= 0.3 is 0 Å². The van der Waals surface area contributed by atoms with Crippen molar-refractivity contribution < 1.29 is 0 Å². The summed E-state index contributed by atoms with van der Waals surface area (Å²) < 4.78 is 0. The number of rotatable bonds is 4. The number of benzene rings is 2. The molecule has 3 rings (SSSR count). The number of halogens is 2. The summed E-state index contributed by atoms with van der Waals surface area (Å²) in [5.41, 5.74) is 3.42. The fraction of sp³-hybridized carbons (Fsp3) is 0.250. The van der Waals surface area contributed by atoms with Crippen molar-refractivity contribution in [1.82, 2.24) is 5.32 Å². The maximum atomic E-state index is 6.25. The van der Waals surface area contributed by atoms with E-state index in [0.29, 0.717) is 6.04 Å². The van der Waals surface area contributed by atoms with Gasteiger partial charge in [0.25, 0.3) is 0 Å². The van der Waals surface area contributed by atoms with Crippen molar-refractivity contribution in [3.63, 3.8) is 0 Å². The van der Waals surface area contributed by atoms with E-state index in [4.69, 9.17) is 23.2 Å². The molecule has 0 aliphatic heterocycles. The minimum absolute atomic E-state index is 0.686. The van der Waals surface area contributed by atoms with E-state index < -0.39 is 0 Å². The maximum Gasteiger partial charge on any atom is 0.0451 e. The zero-order valence-electron chi connectivity index (χ0n) is 10.5. The van der Waals surface area contributed by atoms with Gasteiger partial charge in [-0.1, -0.05) is 41.4 Å². The first-order chi connectivity index (χ1) is 9.22. The summed E-state index contributed by atoms with van der Waals surface area (Å²) in [6.45, 7) is 0.831. The lowest BCUT2D eigenvalue weighted by Gasteiger charge is -2.09. The highest BCUT2D eigenvalue weighted by Gasteiger charge is 2.20. The van der Waals surface area contributed by atoms with Crippen LogP contribution in [0.1, 0.15) is 18.4 Å². The topological polar surface area (TPSA) is 12.0 Å². The molecular formula is C16H15Cl2N. The highest BCUT2D eigenvalue weighted by Crippen LogP contribution is 2.28. The molecule has 1 aliphatic carbocycles. The summed E-state index contributed by atoms with van der Waals surface area (Å²) in [6, 6.07) is 14.7. The Balaban J connectivity index is 1.87. The molecule has 0 unspecified atom stereocenters. The summed E-state index contributed by atoms with van der Waals surface area (Å²) in [4.78, 5) is 0. The van der Waals surface area contributed by atoms with Gasteiger partial charge in [0.05, 0.1) is 0 Å². The second-order valence-corrected chi connectivity index (χ2v) is 5.82. The average molecular weight is 292 g/mol. The zero-order chi connectivity index (χ0) is 13.2. The fourth-order valence-electron chi connectivity index (χ4n) is 2.10. The highest BCUT2D eigenvalue weighted by molar-refractivity contribution is 6.31. The number of hydrogen-bond donors (Lipinski definition) is 1. The maximum absolute atomic E-state index is 6.25. The molecule has 1 aliphatic rings. The Labute approximate surface area is 123 Å². The molecule has 2 aromatic carbocycles. The van der Waals surface area contributed by atoms with E-state index in [2.05, 4.69) is 17.4 Å². The van der Waals surface area contributed by atoms with Crippen LogP contribution in [0.3, 0.4) is 0 Å². The van der Waals surface area contributed by atoms with Gasteiger partial charge < -0.3 is 5.32 Å². The second kappa shape index (κ2) is 5.54. The van der Waals surface area contributed by atoms with Crippen LogP contribution >= 0.6 is 23.2 Å². The molecule has 0 saturated heterocycles. The van der Waals surface area contributed by atoms with Gasteiger partial charge in [0, 0.05) is 22.6 Å². The molecule has 0 atom stereocenters. The molecule has 0 amide bonds. The van der Waals surface area contributed by atoms with E-state index in [-0.39, 0.29) is 0 Å². The van der Waals surface area contributed by atoms with E-state index in [1.807, 2.05) is 30.3 Å². The Bertz CT molecular complexity index is 591. The molecule has 1 N–H and O–H groups in total. The van der Waals surface area contributed by atoms with Crippen LogP contribution in [0.5, 0.6) is 0 Å². The van der Waals surface area contributed by atoms with E-state index in [0.717, 1.165) is 33.3 Å². The Morgan fingerprint density at radius 1 is 1.00 bits per heavy atom. The van der Waals surface area contributed by atoms with Crippen LogP contribution in [0, 0.1) is 0 Å². The molecule has 1 nitrogen and oxygen atoms in total. The second-order valence-electron chi connectivity index (χ2n) is 4.97. The van der Waals surface area contributed by atoms with Crippen molar-refractivity contribution in [3.05, 3.63) is 58.1 Å². The Morgan fingerprint density at radius 3 is 2.53 bits per heavy atom. The molecule has 98 valence electrons. The van der Waals surface area contributed by atoms with Crippen molar-refractivity contribution in [3.8, 4) is 11.1 Å². The van der Waals surface area contributed by atoms with Crippen LogP contribution in [-0.4, -0.2) is 6.04 Å². The summed E-state index contributed by atoms with van der Waals surface area (Å²) in [6.07, 6.45) is 2.57. The van der Waals surface area contributed by atoms with Crippen LogP contribution in [0.2, 0.25) is 10.0 Å². The molecule has 0 heterocycles.